The molecule has 1 aromatic carbocycles. The molecule has 2 aromatic rings. The number of hydrogen-bond donors (Lipinski definition) is 1. The zero-order valence-electron chi connectivity index (χ0n) is 8.40. The number of aromatic nitrogens is 1. The Balaban J connectivity index is 2.59. The number of aryl methyl sites for hydroxylation is 1. The maximum absolute atomic E-state index is 11.1. The molecule has 1 N–H and O–H groups in total. The van der Waals surface area contributed by atoms with Gasteiger partial charge in [0, 0.05) is 10.0 Å². The van der Waals surface area contributed by atoms with Gasteiger partial charge in [-0.25, -0.2) is 9.78 Å². The third-order valence-electron chi connectivity index (χ3n) is 2.03. The lowest BCUT2D eigenvalue weighted by Gasteiger charge is -1.99. The third kappa shape index (κ3) is 2.15. The van der Waals surface area contributed by atoms with Crippen molar-refractivity contribution < 1.29 is 9.90 Å². The molecule has 0 aliphatic heterocycles. The quantitative estimate of drug-likeness (QED) is 0.922. The van der Waals surface area contributed by atoms with E-state index in [1.807, 2.05) is 24.3 Å². The Morgan fingerprint density at radius 3 is 2.88 bits per heavy atom. The molecular formula is C11H8BrNO2S. The van der Waals surface area contributed by atoms with Gasteiger partial charge in [-0.15, -0.1) is 11.3 Å². The molecule has 0 unspecified atom stereocenters. The summed E-state index contributed by atoms with van der Waals surface area (Å²) < 4.78 is 0.909. The van der Waals surface area contributed by atoms with Gasteiger partial charge in [-0.05, 0) is 19.1 Å². The number of carboxylic acids is 1. The number of nitrogens with zero attached hydrogens (tertiary/aromatic N) is 1. The second-order valence-corrected chi connectivity index (χ2v) is 5.34. The largest absolute Gasteiger partial charge is 0.477 e. The summed E-state index contributed by atoms with van der Waals surface area (Å²) in [5.74, 6) is -0.930. The van der Waals surface area contributed by atoms with Crippen molar-refractivity contribution in [3.63, 3.8) is 0 Å². The van der Waals surface area contributed by atoms with Crippen molar-refractivity contribution >= 4 is 33.2 Å². The van der Waals surface area contributed by atoms with Gasteiger partial charge in [0.1, 0.15) is 4.88 Å². The molecule has 1 heterocycles. The standard InChI is InChI=1S/C11H8BrNO2S/c1-6-13-9(10(16-6)11(14)15)7-3-2-4-8(12)5-7/h2-5H,1H3,(H,14,15). The van der Waals surface area contributed by atoms with Crippen molar-refractivity contribution in [1.29, 1.82) is 0 Å². The predicted octanol–water partition coefficient (Wildman–Crippen LogP) is 3.58. The highest BCUT2D eigenvalue weighted by Crippen LogP contribution is 2.29. The SMILES string of the molecule is Cc1nc(-c2cccc(Br)c2)c(C(=O)O)s1. The molecule has 0 spiro atoms. The summed E-state index contributed by atoms with van der Waals surface area (Å²) in [5.41, 5.74) is 1.35. The minimum atomic E-state index is -0.930. The second-order valence-electron chi connectivity index (χ2n) is 3.23. The number of hydrogen-bond acceptors (Lipinski definition) is 3. The molecule has 0 aliphatic carbocycles. The van der Waals surface area contributed by atoms with Crippen LogP contribution in [0.4, 0.5) is 0 Å². The first kappa shape index (κ1) is 11.3. The average molecular weight is 298 g/mol. The average Bonchev–Trinajstić information content (AvgIpc) is 2.60. The highest BCUT2D eigenvalue weighted by Gasteiger charge is 2.17. The van der Waals surface area contributed by atoms with E-state index in [1.165, 1.54) is 11.3 Å². The molecule has 16 heavy (non-hydrogen) atoms. The van der Waals surface area contributed by atoms with Crippen LogP contribution in [0, 0.1) is 6.92 Å². The molecule has 1 aromatic heterocycles. The first-order valence-electron chi connectivity index (χ1n) is 4.54. The summed E-state index contributed by atoms with van der Waals surface area (Å²) in [6.45, 7) is 1.80. The van der Waals surface area contributed by atoms with Gasteiger partial charge >= 0.3 is 5.97 Å². The van der Waals surface area contributed by atoms with E-state index in [1.54, 1.807) is 6.92 Å². The Labute approximate surface area is 105 Å². The van der Waals surface area contributed by atoms with Crippen LogP contribution in [0.25, 0.3) is 11.3 Å². The normalized spacial score (nSPS) is 10.4. The van der Waals surface area contributed by atoms with Gasteiger partial charge in [-0.3, -0.25) is 0 Å². The summed E-state index contributed by atoms with van der Waals surface area (Å²) in [7, 11) is 0. The van der Waals surface area contributed by atoms with Crippen LogP contribution in [0.1, 0.15) is 14.7 Å². The van der Waals surface area contributed by atoms with E-state index in [0.29, 0.717) is 5.69 Å². The molecule has 82 valence electrons. The first-order chi connectivity index (χ1) is 7.58. The van der Waals surface area contributed by atoms with Gasteiger partial charge in [-0.1, -0.05) is 28.1 Å². The topological polar surface area (TPSA) is 50.2 Å². The van der Waals surface area contributed by atoms with Gasteiger partial charge in [0.25, 0.3) is 0 Å². The lowest BCUT2D eigenvalue weighted by molar-refractivity contribution is 0.0702. The fourth-order valence-electron chi connectivity index (χ4n) is 1.40. The highest BCUT2D eigenvalue weighted by atomic mass is 79.9. The van der Waals surface area contributed by atoms with Gasteiger partial charge in [0.15, 0.2) is 0 Å². The molecule has 0 fully saturated rings. The fourth-order valence-corrected chi connectivity index (χ4v) is 2.58. The molecular weight excluding hydrogens is 290 g/mol. The Bertz CT molecular complexity index is 551. The zero-order chi connectivity index (χ0) is 11.7. The van der Waals surface area contributed by atoms with E-state index in [0.717, 1.165) is 15.0 Å². The zero-order valence-corrected chi connectivity index (χ0v) is 10.8. The van der Waals surface area contributed by atoms with Gasteiger partial charge in [0.2, 0.25) is 0 Å². The minimum Gasteiger partial charge on any atom is -0.477 e. The van der Waals surface area contributed by atoms with E-state index in [4.69, 9.17) is 5.11 Å². The van der Waals surface area contributed by atoms with E-state index in [-0.39, 0.29) is 4.88 Å². The Kier molecular flexibility index (Phi) is 3.07. The Hall–Kier alpha value is -1.20. The number of halogens is 1. The van der Waals surface area contributed by atoms with Crippen LogP contribution in [-0.2, 0) is 0 Å². The summed E-state index contributed by atoms with van der Waals surface area (Å²) >= 11 is 4.55. The Morgan fingerprint density at radius 1 is 1.50 bits per heavy atom. The van der Waals surface area contributed by atoms with Crippen LogP contribution in [0.15, 0.2) is 28.7 Å². The molecule has 0 bridgehead atoms. The van der Waals surface area contributed by atoms with Crippen LogP contribution in [0.3, 0.4) is 0 Å². The summed E-state index contributed by atoms with van der Waals surface area (Å²) in [5, 5.41) is 9.83. The summed E-state index contributed by atoms with van der Waals surface area (Å²) in [6.07, 6.45) is 0. The molecule has 0 radical (unpaired) electrons. The van der Waals surface area contributed by atoms with Crippen molar-refractivity contribution in [2.45, 2.75) is 6.92 Å². The lowest BCUT2D eigenvalue weighted by atomic mass is 10.1. The van der Waals surface area contributed by atoms with Crippen LogP contribution >= 0.6 is 27.3 Å². The molecule has 0 amide bonds. The van der Waals surface area contributed by atoms with Crippen molar-refractivity contribution in [2.75, 3.05) is 0 Å². The fraction of sp³-hybridized carbons (Fsp3) is 0.0909. The minimum absolute atomic E-state index is 0.288. The maximum Gasteiger partial charge on any atom is 0.348 e. The van der Waals surface area contributed by atoms with Crippen molar-refractivity contribution in [3.8, 4) is 11.3 Å². The number of aromatic carboxylic acids is 1. The number of rotatable bonds is 2. The molecule has 0 saturated heterocycles. The van der Waals surface area contributed by atoms with E-state index < -0.39 is 5.97 Å². The second kappa shape index (κ2) is 4.35. The first-order valence-corrected chi connectivity index (χ1v) is 6.15. The predicted molar refractivity (Wildman–Crippen MR) is 66.9 cm³/mol. The molecule has 0 atom stereocenters. The van der Waals surface area contributed by atoms with Crippen molar-refractivity contribution in [2.24, 2.45) is 0 Å². The van der Waals surface area contributed by atoms with Crippen LogP contribution in [-0.4, -0.2) is 16.1 Å². The Morgan fingerprint density at radius 2 is 2.25 bits per heavy atom. The van der Waals surface area contributed by atoms with Gasteiger partial charge < -0.3 is 5.11 Å². The molecule has 3 nitrogen and oxygen atoms in total. The third-order valence-corrected chi connectivity index (χ3v) is 3.48. The van der Waals surface area contributed by atoms with Crippen molar-refractivity contribution in [1.82, 2.24) is 4.98 Å². The lowest BCUT2D eigenvalue weighted by Crippen LogP contribution is -1.95. The molecule has 2 rings (SSSR count). The molecule has 0 saturated carbocycles. The molecule has 5 heteroatoms. The number of thiazole rings is 1. The van der Waals surface area contributed by atoms with E-state index >= 15 is 0 Å². The van der Waals surface area contributed by atoms with Crippen LogP contribution in [0.2, 0.25) is 0 Å². The monoisotopic (exact) mass is 297 g/mol. The van der Waals surface area contributed by atoms with Crippen LogP contribution < -0.4 is 0 Å². The van der Waals surface area contributed by atoms with E-state index in [2.05, 4.69) is 20.9 Å². The maximum atomic E-state index is 11.1. The highest BCUT2D eigenvalue weighted by molar-refractivity contribution is 9.10. The van der Waals surface area contributed by atoms with Crippen LogP contribution in [0.5, 0.6) is 0 Å². The van der Waals surface area contributed by atoms with E-state index in [9.17, 15) is 4.79 Å². The summed E-state index contributed by atoms with van der Waals surface area (Å²) in [6, 6.07) is 7.47. The number of benzene rings is 1. The smallest absolute Gasteiger partial charge is 0.348 e. The molecule has 0 aliphatic rings. The van der Waals surface area contributed by atoms with Crippen molar-refractivity contribution in [3.05, 3.63) is 38.6 Å². The number of carboxylic acid groups (broad SMARTS) is 1. The summed E-state index contributed by atoms with van der Waals surface area (Å²) in [4.78, 5) is 15.6. The van der Waals surface area contributed by atoms with Gasteiger partial charge in [-0.2, -0.15) is 0 Å². The van der Waals surface area contributed by atoms with Gasteiger partial charge in [0.05, 0.1) is 10.7 Å². The number of carbonyl (C=O) groups is 1.